The van der Waals surface area contributed by atoms with Gasteiger partial charge in [0.1, 0.15) is 0 Å². The lowest BCUT2D eigenvalue weighted by atomic mass is 9.96. The summed E-state index contributed by atoms with van der Waals surface area (Å²) in [5.41, 5.74) is 3.85. The van der Waals surface area contributed by atoms with E-state index in [2.05, 4.69) is 21.7 Å². The zero-order valence-electron chi connectivity index (χ0n) is 20.8. The Hall–Kier alpha value is -4.72. The number of hydrogen-bond acceptors (Lipinski definition) is 5. The maximum Gasteiger partial charge on any atom is 0.302 e. The van der Waals surface area contributed by atoms with Crippen molar-refractivity contribution in [2.24, 2.45) is 5.92 Å². The van der Waals surface area contributed by atoms with Crippen molar-refractivity contribution in [3.8, 4) is 0 Å². The summed E-state index contributed by atoms with van der Waals surface area (Å²) in [6, 6.07) is 15.4. The molecule has 2 atom stereocenters. The second kappa shape index (κ2) is 7.89. The Balaban J connectivity index is 1.61. The van der Waals surface area contributed by atoms with Crippen LogP contribution in [0.3, 0.4) is 0 Å². The lowest BCUT2D eigenvalue weighted by molar-refractivity contribution is -0.141. The van der Waals surface area contributed by atoms with Crippen molar-refractivity contribution in [1.82, 2.24) is 14.5 Å². The number of nitrogens with one attached hydrogen (secondary N) is 1. The molecule has 1 unspecified atom stereocenters. The van der Waals surface area contributed by atoms with Crippen LogP contribution >= 0.6 is 0 Å². The van der Waals surface area contributed by atoms with Crippen LogP contribution in [0.5, 0.6) is 0 Å². The highest BCUT2D eigenvalue weighted by Crippen LogP contribution is 2.47. The predicted octanol–water partition coefficient (Wildman–Crippen LogP) is 5.25. The minimum Gasteiger partial charge on any atom is -0.465 e. The molecule has 2 aliphatic rings. The van der Waals surface area contributed by atoms with E-state index in [0.29, 0.717) is 23.8 Å². The van der Waals surface area contributed by atoms with Gasteiger partial charge in [-0.15, -0.1) is 0 Å². The number of hydrogen-bond donors (Lipinski definition) is 1. The van der Waals surface area contributed by atoms with Gasteiger partial charge in [-0.2, -0.15) is 0 Å². The topological polar surface area (TPSA) is 101 Å². The van der Waals surface area contributed by atoms with Gasteiger partial charge in [-0.05, 0) is 18.6 Å². The molecule has 5 aromatic rings. The van der Waals surface area contributed by atoms with E-state index >= 15 is 0 Å². The van der Waals surface area contributed by atoms with Crippen LogP contribution in [0, 0.1) is 5.92 Å². The fourth-order valence-electron chi connectivity index (χ4n) is 6.26. The number of rotatable bonds is 3. The van der Waals surface area contributed by atoms with Crippen molar-refractivity contribution in [2.75, 3.05) is 6.61 Å². The van der Waals surface area contributed by atoms with Gasteiger partial charge in [-0.1, -0.05) is 48.6 Å². The van der Waals surface area contributed by atoms with Crippen LogP contribution < -0.4 is 0 Å². The van der Waals surface area contributed by atoms with E-state index in [9.17, 15) is 19.2 Å². The number of aromatic amines is 1. The van der Waals surface area contributed by atoms with Crippen LogP contribution in [-0.2, 0) is 14.3 Å². The molecule has 1 N–H and O–H groups in total. The molecule has 0 bridgehead atoms. The summed E-state index contributed by atoms with van der Waals surface area (Å²) in [5.74, 6) is -2.04. The normalized spacial score (nSPS) is 18.9. The predicted molar refractivity (Wildman–Crippen MR) is 143 cm³/mol. The highest BCUT2D eigenvalue weighted by atomic mass is 16.5. The third-order valence-corrected chi connectivity index (χ3v) is 7.73. The first-order chi connectivity index (χ1) is 18.4. The second-order valence-corrected chi connectivity index (χ2v) is 10.00. The summed E-state index contributed by atoms with van der Waals surface area (Å²) in [6.45, 7) is 2.94. The van der Waals surface area contributed by atoms with E-state index < -0.39 is 17.7 Å². The summed E-state index contributed by atoms with van der Waals surface area (Å²) in [5, 5.41) is 2.96. The number of esters is 1. The van der Waals surface area contributed by atoms with Crippen molar-refractivity contribution in [3.63, 3.8) is 0 Å². The number of aromatic nitrogens is 2. The first-order valence-electron chi connectivity index (χ1n) is 12.6. The Morgan fingerprint density at radius 1 is 0.921 bits per heavy atom. The monoisotopic (exact) mass is 505 g/mol. The number of imide groups is 3. The number of carbonyl (C=O) groups is 4. The molecule has 0 saturated carbocycles. The summed E-state index contributed by atoms with van der Waals surface area (Å²) in [6.07, 6.45) is 4.89. The van der Waals surface area contributed by atoms with E-state index in [1.165, 1.54) is 13.8 Å². The number of carbonyl (C=O) groups excluding carboxylic acids is 4. The Morgan fingerprint density at radius 3 is 2.34 bits per heavy atom. The van der Waals surface area contributed by atoms with Gasteiger partial charge < -0.3 is 14.3 Å². The van der Waals surface area contributed by atoms with Crippen molar-refractivity contribution < 1.29 is 23.9 Å². The van der Waals surface area contributed by atoms with E-state index in [0.717, 1.165) is 37.7 Å². The highest BCUT2D eigenvalue weighted by molar-refractivity contribution is 6.42. The average Bonchev–Trinajstić information content (AvgIpc) is 3.64. The van der Waals surface area contributed by atoms with Crippen molar-refractivity contribution in [1.29, 1.82) is 0 Å². The number of nitrogens with zero attached hydrogens (tertiary/aromatic N) is 2. The van der Waals surface area contributed by atoms with Gasteiger partial charge in [0.2, 0.25) is 5.91 Å². The maximum absolute atomic E-state index is 13.7. The van der Waals surface area contributed by atoms with Gasteiger partial charge in [0.25, 0.3) is 11.8 Å². The molecule has 3 aromatic carbocycles. The van der Waals surface area contributed by atoms with Crippen molar-refractivity contribution in [3.05, 3.63) is 71.8 Å². The molecular weight excluding hydrogens is 482 g/mol. The summed E-state index contributed by atoms with van der Waals surface area (Å²) >= 11 is 0. The zero-order valence-corrected chi connectivity index (χ0v) is 20.8. The van der Waals surface area contributed by atoms with E-state index in [-0.39, 0.29) is 29.1 Å². The number of H-pyrrole nitrogens is 1. The molecule has 8 nitrogen and oxygen atoms in total. The molecule has 0 radical (unpaired) electrons. The molecule has 8 heteroatoms. The molecule has 0 spiro atoms. The number of allylic oxidation sites excluding steroid dienone is 1. The summed E-state index contributed by atoms with van der Waals surface area (Å²) in [4.78, 5) is 55.5. The number of fused-ring (bicyclic) bond motifs is 10. The lowest BCUT2D eigenvalue weighted by Crippen LogP contribution is -2.34. The number of amides is 3. The molecule has 0 fully saturated rings. The lowest BCUT2D eigenvalue weighted by Gasteiger charge is -2.17. The Kier molecular flexibility index (Phi) is 4.67. The molecule has 3 amide bonds. The van der Waals surface area contributed by atoms with E-state index in [1.54, 1.807) is 0 Å². The van der Waals surface area contributed by atoms with Gasteiger partial charge in [0.15, 0.2) is 0 Å². The van der Waals surface area contributed by atoms with E-state index in [1.807, 2.05) is 48.5 Å². The van der Waals surface area contributed by atoms with Crippen LogP contribution in [0.15, 0.2) is 60.7 Å². The van der Waals surface area contributed by atoms with Gasteiger partial charge >= 0.3 is 5.97 Å². The molecule has 1 aliphatic heterocycles. The second-order valence-electron chi connectivity index (χ2n) is 10.00. The van der Waals surface area contributed by atoms with Gasteiger partial charge in [0, 0.05) is 52.3 Å². The van der Waals surface area contributed by atoms with Crippen LogP contribution in [0.2, 0.25) is 0 Å². The first-order valence-corrected chi connectivity index (χ1v) is 12.6. The standard InChI is InChI=1S/C30H23N3O5/c1-15(34)32-29(36)25-23-19-7-3-5-9-21(19)31-27(23)28-24(26(25)30(32)37)20-8-4-6-10-22(20)33(28)18-12-11-17(13-18)14-38-16(2)35/h3-12,17-18,31H,13-14H2,1-2H3/t17-,18?/m1/s1. The third-order valence-electron chi connectivity index (χ3n) is 7.73. The first kappa shape index (κ1) is 22.5. The quantitative estimate of drug-likeness (QED) is 0.205. The fraction of sp³-hybridized carbons (Fsp3) is 0.200. The van der Waals surface area contributed by atoms with Crippen molar-refractivity contribution >= 4 is 67.3 Å². The molecule has 38 heavy (non-hydrogen) atoms. The SMILES string of the molecule is CC(=O)OC[C@@H]1C=CC(n2c3ccccc3c3c4c(c5c6ccccc6[nH]c5c32)C(=O)N(C(C)=O)C4=O)C1. The summed E-state index contributed by atoms with van der Waals surface area (Å²) in [7, 11) is 0. The summed E-state index contributed by atoms with van der Waals surface area (Å²) < 4.78 is 7.48. The average molecular weight is 506 g/mol. The zero-order chi connectivity index (χ0) is 26.3. The molecule has 1 aliphatic carbocycles. The highest BCUT2D eigenvalue weighted by Gasteiger charge is 2.43. The molecule has 7 rings (SSSR count). The molecule has 0 saturated heterocycles. The largest absolute Gasteiger partial charge is 0.465 e. The Labute approximate surface area is 216 Å². The van der Waals surface area contributed by atoms with Crippen LogP contribution in [-0.4, -0.2) is 44.7 Å². The Bertz CT molecular complexity index is 1920. The van der Waals surface area contributed by atoms with Gasteiger partial charge in [-0.25, -0.2) is 4.90 Å². The van der Waals surface area contributed by atoms with Gasteiger partial charge in [-0.3, -0.25) is 19.2 Å². The molecule has 3 heterocycles. The smallest absolute Gasteiger partial charge is 0.302 e. The van der Waals surface area contributed by atoms with E-state index in [4.69, 9.17) is 4.74 Å². The van der Waals surface area contributed by atoms with Crippen LogP contribution in [0.1, 0.15) is 47.0 Å². The minimum absolute atomic E-state index is 0.0594. The number of para-hydroxylation sites is 2. The van der Waals surface area contributed by atoms with Crippen LogP contribution in [0.25, 0.3) is 43.6 Å². The van der Waals surface area contributed by atoms with Crippen LogP contribution in [0.4, 0.5) is 0 Å². The number of benzene rings is 3. The number of ether oxygens (including phenoxy) is 1. The maximum atomic E-state index is 13.7. The van der Waals surface area contributed by atoms with Crippen molar-refractivity contribution in [2.45, 2.75) is 26.3 Å². The fourth-order valence-corrected chi connectivity index (χ4v) is 6.26. The molecule has 188 valence electrons. The molecular formula is C30H23N3O5. The van der Waals surface area contributed by atoms with Gasteiger partial charge in [0.05, 0.1) is 34.8 Å². The third kappa shape index (κ3) is 2.91. The Morgan fingerprint density at radius 2 is 1.61 bits per heavy atom. The molecule has 2 aromatic heterocycles. The minimum atomic E-state index is -0.604.